The van der Waals surface area contributed by atoms with Crippen LogP contribution in [0, 0.1) is 11.3 Å². The van der Waals surface area contributed by atoms with Crippen molar-refractivity contribution in [3.05, 3.63) is 12.7 Å². The van der Waals surface area contributed by atoms with Gasteiger partial charge in [0.1, 0.15) is 12.2 Å². The third-order valence-corrected chi connectivity index (χ3v) is 6.28. The number of hydrogen-bond acceptors (Lipinski definition) is 5. The Balaban J connectivity index is 1.94. The van der Waals surface area contributed by atoms with Gasteiger partial charge in [-0.25, -0.2) is 4.79 Å². The first kappa shape index (κ1) is 11.2. The van der Waals surface area contributed by atoms with Crippen LogP contribution in [-0.4, -0.2) is 31.8 Å². The molecule has 2 saturated carbocycles. The van der Waals surface area contributed by atoms with Gasteiger partial charge in [-0.1, -0.05) is 13.5 Å². The molecule has 0 N–H and O–H groups in total. The van der Waals surface area contributed by atoms with E-state index in [1.54, 1.807) is 0 Å². The van der Waals surface area contributed by atoms with Crippen molar-refractivity contribution in [2.24, 2.45) is 11.3 Å². The normalized spacial score (nSPS) is 49.2. The molecule has 5 atom stereocenters. The molecule has 0 amide bonds. The molecule has 3 fully saturated rings. The van der Waals surface area contributed by atoms with E-state index in [4.69, 9.17) is 8.92 Å². The second-order valence-electron chi connectivity index (χ2n) is 5.31. The van der Waals surface area contributed by atoms with E-state index in [1.807, 2.05) is 6.92 Å². The molecule has 17 heavy (non-hydrogen) atoms. The van der Waals surface area contributed by atoms with E-state index >= 15 is 0 Å². The molecule has 0 aromatic rings. The lowest BCUT2D eigenvalue weighted by Gasteiger charge is -2.29. The minimum atomic E-state index is -3.48. The predicted octanol–water partition coefficient (Wildman–Crippen LogP) is 0.611. The van der Waals surface area contributed by atoms with Crippen LogP contribution in [-0.2, 0) is 23.8 Å². The minimum absolute atomic E-state index is 0.0937. The first-order valence-electron chi connectivity index (χ1n) is 5.63. The van der Waals surface area contributed by atoms with Crippen molar-refractivity contribution < 1.29 is 22.1 Å². The second-order valence-corrected chi connectivity index (χ2v) is 7.06. The van der Waals surface area contributed by atoms with Gasteiger partial charge >= 0.3 is 5.97 Å². The van der Waals surface area contributed by atoms with Crippen LogP contribution >= 0.6 is 0 Å². The minimum Gasteiger partial charge on any atom is -0.456 e. The van der Waals surface area contributed by atoms with Gasteiger partial charge in [-0.3, -0.25) is 4.18 Å². The summed E-state index contributed by atoms with van der Waals surface area (Å²) in [6, 6.07) is 0. The lowest BCUT2D eigenvalue weighted by atomic mass is 9.82. The first-order valence-corrected chi connectivity index (χ1v) is 7.11. The zero-order chi connectivity index (χ0) is 12.4. The average Bonchev–Trinajstić information content (AvgIpc) is 2.74. The Morgan fingerprint density at radius 1 is 1.59 bits per heavy atom. The van der Waals surface area contributed by atoms with Gasteiger partial charge in [-0.2, -0.15) is 8.42 Å². The Hall–Kier alpha value is -0.880. The van der Waals surface area contributed by atoms with Gasteiger partial charge in [0, 0.05) is 17.4 Å². The number of hydrogen-bond donors (Lipinski definition) is 0. The summed E-state index contributed by atoms with van der Waals surface area (Å²) in [4.78, 5) is 11.2. The van der Waals surface area contributed by atoms with Crippen molar-refractivity contribution in [1.29, 1.82) is 0 Å². The van der Waals surface area contributed by atoms with E-state index in [0.29, 0.717) is 6.42 Å². The number of fused-ring (bicyclic) bond motifs is 1. The van der Waals surface area contributed by atoms with E-state index in [-0.39, 0.29) is 5.92 Å². The van der Waals surface area contributed by atoms with Crippen LogP contribution < -0.4 is 0 Å². The Morgan fingerprint density at radius 2 is 2.29 bits per heavy atom. The molecular formula is C11H14O5S. The summed E-state index contributed by atoms with van der Waals surface area (Å²) in [7, 11) is -3.48. The molecule has 3 aliphatic rings. The number of rotatable bonds is 2. The molecular weight excluding hydrogens is 244 g/mol. The van der Waals surface area contributed by atoms with Gasteiger partial charge in [0.15, 0.2) is 0 Å². The van der Waals surface area contributed by atoms with Crippen LogP contribution in [0.25, 0.3) is 0 Å². The molecule has 0 aromatic carbocycles. The summed E-state index contributed by atoms with van der Waals surface area (Å²) >= 11 is 0. The van der Waals surface area contributed by atoms with Crippen LogP contribution in [0.2, 0.25) is 0 Å². The molecule has 0 radical (unpaired) electrons. The summed E-state index contributed by atoms with van der Waals surface area (Å²) in [6.07, 6.45) is 1.41. The van der Waals surface area contributed by atoms with Crippen LogP contribution in [0.3, 0.4) is 0 Å². The van der Waals surface area contributed by atoms with Crippen LogP contribution in [0.1, 0.15) is 19.8 Å². The lowest BCUT2D eigenvalue weighted by Crippen LogP contribution is -2.42. The molecule has 1 aliphatic heterocycles. The maximum Gasteiger partial charge on any atom is 0.330 e. The van der Waals surface area contributed by atoms with Crippen molar-refractivity contribution in [3.8, 4) is 0 Å². The van der Waals surface area contributed by atoms with Crippen molar-refractivity contribution in [2.75, 3.05) is 0 Å². The maximum absolute atomic E-state index is 11.8. The fourth-order valence-corrected chi connectivity index (χ4v) is 5.79. The number of carbonyl (C=O) groups is 1. The fraction of sp³-hybridized carbons (Fsp3) is 0.727. The predicted molar refractivity (Wildman–Crippen MR) is 58.5 cm³/mol. The highest BCUT2D eigenvalue weighted by atomic mass is 32.2. The molecule has 2 aliphatic carbocycles. The molecule has 1 saturated heterocycles. The highest BCUT2D eigenvalue weighted by Crippen LogP contribution is 2.62. The standard InChI is InChI=1S/C11H14O5S/c1-3-8(12)15-9-6-4-7-11(2,5-6)10(9)16-17(7,13)14/h3,6-7,9-10H,1,4-5H2,2H3. The summed E-state index contributed by atoms with van der Waals surface area (Å²) in [5, 5.41) is -0.427. The summed E-state index contributed by atoms with van der Waals surface area (Å²) < 4.78 is 34.0. The van der Waals surface area contributed by atoms with E-state index in [2.05, 4.69) is 6.58 Å². The molecule has 2 bridgehead atoms. The van der Waals surface area contributed by atoms with E-state index in [0.717, 1.165) is 12.5 Å². The van der Waals surface area contributed by atoms with E-state index in [1.165, 1.54) is 0 Å². The molecule has 6 heteroatoms. The van der Waals surface area contributed by atoms with Gasteiger partial charge in [0.05, 0.1) is 5.25 Å². The molecule has 5 unspecified atom stereocenters. The number of ether oxygens (including phenoxy) is 1. The Bertz CT molecular complexity index is 496. The number of carbonyl (C=O) groups excluding carboxylic acids is 1. The van der Waals surface area contributed by atoms with Crippen molar-refractivity contribution in [2.45, 2.75) is 37.2 Å². The largest absolute Gasteiger partial charge is 0.456 e. The molecule has 3 rings (SSSR count). The van der Waals surface area contributed by atoms with Crippen molar-refractivity contribution >= 4 is 16.1 Å². The number of esters is 1. The van der Waals surface area contributed by atoms with E-state index < -0.39 is 39.0 Å². The monoisotopic (exact) mass is 258 g/mol. The quantitative estimate of drug-likeness (QED) is 0.412. The smallest absolute Gasteiger partial charge is 0.330 e. The maximum atomic E-state index is 11.8. The highest BCUT2D eigenvalue weighted by molar-refractivity contribution is 7.87. The van der Waals surface area contributed by atoms with Gasteiger partial charge in [0.2, 0.25) is 0 Å². The Labute approximate surface area is 99.9 Å². The third kappa shape index (κ3) is 1.28. The molecule has 0 spiro atoms. The Kier molecular flexibility index (Phi) is 2.06. The van der Waals surface area contributed by atoms with Gasteiger partial charge in [0.25, 0.3) is 10.1 Å². The molecule has 0 aromatic heterocycles. The Morgan fingerprint density at radius 3 is 2.94 bits per heavy atom. The van der Waals surface area contributed by atoms with Crippen LogP contribution in [0.4, 0.5) is 0 Å². The van der Waals surface area contributed by atoms with E-state index in [9.17, 15) is 13.2 Å². The summed E-state index contributed by atoms with van der Waals surface area (Å²) in [5.41, 5.74) is -0.393. The topological polar surface area (TPSA) is 69.7 Å². The van der Waals surface area contributed by atoms with Gasteiger partial charge < -0.3 is 4.74 Å². The molecule has 1 heterocycles. The molecule has 94 valence electrons. The SMILES string of the molecule is C=CC(=O)OC1C2CC3C(C)(C2)C1OS3(=O)=O. The van der Waals surface area contributed by atoms with Gasteiger partial charge in [-0.05, 0) is 12.8 Å². The first-order chi connectivity index (χ1) is 7.88. The lowest BCUT2D eigenvalue weighted by molar-refractivity contribution is -0.150. The zero-order valence-electron chi connectivity index (χ0n) is 9.46. The fourth-order valence-electron chi connectivity index (χ4n) is 3.66. The van der Waals surface area contributed by atoms with Crippen molar-refractivity contribution in [1.82, 2.24) is 0 Å². The zero-order valence-corrected chi connectivity index (χ0v) is 10.3. The second kappa shape index (κ2) is 3.11. The van der Waals surface area contributed by atoms with Crippen molar-refractivity contribution in [3.63, 3.8) is 0 Å². The average molecular weight is 258 g/mol. The van der Waals surface area contributed by atoms with Crippen LogP contribution in [0.5, 0.6) is 0 Å². The summed E-state index contributed by atoms with van der Waals surface area (Å²) in [5.74, 6) is -0.424. The third-order valence-electron chi connectivity index (χ3n) is 4.37. The summed E-state index contributed by atoms with van der Waals surface area (Å²) in [6.45, 7) is 5.25. The molecule has 5 nitrogen and oxygen atoms in total. The highest BCUT2D eigenvalue weighted by Gasteiger charge is 2.71. The van der Waals surface area contributed by atoms with Gasteiger partial charge in [-0.15, -0.1) is 0 Å². The van der Waals surface area contributed by atoms with Crippen LogP contribution in [0.15, 0.2) is 12.7 Å².